The first-order chi connectivity index (χ1) is 30.6. The van der Waals surface area contributed by atoms with E-state index in [9.17, 15) is 0 Å². The number of hydrogen-bond acceptors (Lipinski definition) is 8. The first-order valence-electron chi connectivity index (χ1n) is 20.7. The van der Waals surface area contributed by atoms with E-state index < -0.39 is 0 Å². The summed E-state index contributed by atoms with van der Waals surface area (Å²) in [5.41, 5.74) is 10.9. The summed E-state index contributed by atoms with van der Waals surface area (Å²) in [5.74, 6) is 4.56. The van der Waals surface area contributed by atoms with Gasteiger partial charge in [-0.1, -0.05) is 48.5 Å². The van der Waals surface area contributed by atoms with Crippen molar-refractivity contribution in [1.82, 2.24) is 19.1 Å². The van der Waals surface area contributed by atoms with Crippen molar-refractivity contribution in [2.75, 3.05) is 47.0 Å². The molecule has 6 heterocycles. The Bertz CT molecular complexity index is 3100. The predicted molar refractivity (Wildman–Crippen MR) is 250 cm³/mol. The highest BCUT2D eigenvalue weighted by molar-refractivity contribution is 6.20. The summed E-state index contributed by atoms with van der Waals surface area (Å²) in [7, 11) is 4.24. The van der Waals surface area contributed by atoms with Crippen molar-refractivity contribution in [3.8, 4) is 34.6 Å². The first-order valence-corrected chi connectivity index (χ1v) is 20.7. The number of rotatable bonds is 8. The molecule has 0 N–H and O–H groups in total. The lowest BCUT2D eigenvalue weighted by molar-refractivity contribution is 0.483. The lowest BCUT2D eigenvalue weighted by Gasteiger charge is -2.20. The molecule has 62 heavy (non-hydrogen) atoms. The van der Waals surface area contributed by atoms with Crippen LogP contribution in [0.2, 0.25) is 0 Å². The van der Waals surface area contributed by atoms with Crippen LogP contribution in [0.4, 0.5) is 34.1 Å². The lowest BCUT2D eigenvalue weighted by atomic mass is 10.2. The highest BCUT2D eigenvalue weighted by Crippen LogP contribution is 2.45. The van der Waals surface area contributed by atoms with E-state index in [-0.39, 0.29) is 0 Å². The van der Waals surface area contributed by atoms with Crippen LogP contribution in [0.15, 0.2) is 182 Å². The summed E-state index contributed by atoms with van der Waals surface area (Å²) in [6.45, 7) is 1.53. The molecule has 10 nitrogen and oxygen atoms in total. The molecule has 0 radical (unpaired) electrons. The average Bonchev–Trinajstić information content (AvgIpc) is 4.04. The Morgan fingerprint density at radius 1 is 0.403 bits per heavy atom. The van der Waals surface area contributed by atoms with Gasteiger partial charge in [-0.2, -0.15) is 0 Å². The van der Waals surface area contributed by atoms with Gasteiger partial charge in [-0.05, 0) is 97.1 Å². The molecule has 12 rings (SSSR count). The summed E-state index contributed by atoms with van der Waals surface area (Å²) in [6, 6.07) is 58.3. The number of nitrogens with zero attached hydrogens (tertiary/aromatic N) is 8. The van der Waals surface area contributed by atoms with E-state index >= 15 is 0 Å². The molecule has 300 valence electrons. The van der Waals surface area contributed by atoms with Crippen LogP contribution in [-0.4, -0.2) is 46.5 Å². The minimum Gasteiger partial charge on any atom is -0.457 e. The SMILES string of the molecule is CN1CN(c2cccc(Oc3ccc4c(c3)n(-c3ccccn3)c3c5ccc(Oc6cccc(N7CN(C)c8ccccc87)c6)cc5n(-c5ccccn5)c43)c2)c2ccccc21. The van der Waals surface area contributed by atoms with E-state index in [1.807, 2.05) is 60.9 Å². The fourth-order valence-corrected chi connectivity index (χ4v) is 9.22. The third-order valence-electron chi connectivity index (χ3n) is 12.0. The van der Waals surface area contributed by atoms with Crippen molar-refractivity contribution in [2.24, 2.45) is 0 Å². The number of fused-ring (bicyclic) bond motifs is 7. The standard InChI is InChI=1S/C52H40N8O2/c1-55-33-57(45-19-5-3-17-43(45)55)35-13-11-15-37(29-35)61-39-23-25-41-47(31-39)59(49-21-7-9-27-53-49)52-42-26-24-40(32-48(42)60(51(41)52)50-22-8-10-28-54-50)62-38-16-12-14-36(30-38)58-34-56(2)44-18-4-6-20-46(44)58/h3-32H,33-34H2,1-2H3. The Balaban J connectivity index is 0.966. The monoisotopic (exact) mass is 808 g/mol. The number of aromatic nitrogens is 4. The van der Waals surface area contributed by atoms with E-state index in [0.717, 1.165) is 92.2 Å². The molecular formula is C52H40N8O2. The van der Waals surface area contributed by atoms with E-state index in [0.29, 0.717) is 0 Å². The summed E-state index contributed by atoms with van der Waals surface area (Å²) < 4.78 is 17.9. The Kier molecular flexibility index (Phi) is 8.17. The van der Waals surface area contributed by atoms with E-state index in [2.05, 4.69) is 164 Å². The van der Waals surface area contributed by atoms with E-state index in [1.54, 1.807) is 0 Å². The van der Waals surface area contributed by atoms with Crippen LogP contribution in [-0.2, 0) is 0 Å². The van der Waals surface area contributed by atoms with Gasteiger partial charge in [0.25, 0.3) is 0 Å². The van der Waals surface area contributed by atoms with Crippen LogP contribution in [0.25, 0.3) is 44.5 Å². The quantitative estimate of drug-likeness (QED) is 0.150. The number of hydrogen-bond donors (Lipinski definition) is 0. The normalized spacial score (nSPS) is 13.4. The van der Waals surface area contributed by atoms with Gasteiger partial charge in [0.1, 0.15) is 34.6 Å². The smallest absolute Gasteiger partial charge is 0.137 e. The molecule has 0 atom stereocenters. The van der Waals surface area contributed by atoms with Gasteiger partial charge in [-0.25, -0.2) is 9.97 Å². The largest absolute Gasteiger partial charge is 0.457 e. The molecule has 0 fully saturated rings. The van der Waals surface area contributed by atoms with Gasteiger partial charge in [0.2, 0.25) is 0 Å². The lowest BCUT2D eigenvalue weighted by Crippen LogP contribution is -2.23. The molecule has 2 aliphatic rings. The van der Waals surface area contributed by atoms with Gasteiger partial charge >= 0.3 is 0 Å². The maximum Gasteiger partial charge on any atom is 0.137 e. The minimum atomic E-state index is 0.724. The number of pyridine rings is 2. The molecule has 0 amide bonds. The summed E-state index contributed by atoms with van der Waals surface area (Å²) >= 11 is 0. The van der Waals surface area contributed by atoms with Crippen molar-refractivity contribution in [2.45, 2.75) is 0 Å². The Hall–Kier alpha value is -8.24. The van der Waals surface area contributed by atoms with Crippen molar-refractivity contribution >= 4 is 67.0 Å². The van der Waals surface area contributed by atoms with Crippen LogP contribution in [0.3, 0.4) is 0 Å². The van der Waals surface area contributed by atoms with Gasteiger partial charge in [0.05, 0.1) is 58.2 Å². The highest BCUT2D eigenvalue weighted by Gasteiger charge is 2.27. The van der Waals surface area contributed by atoms with Crippen molar-refractivity contribution < 1.29 is 9.47 Å². The number of para-hydroxylation sites is 4. The molecule has 2 aliphatic heterocycles. The van der Waals surface area contributed by atoms with E-state index in [1.165, 1.54) is 22.7 Å². The zero-order valence-corrected chi connectivity index (χ0v) is 34.1. The van der Waals surface area contributed by atoms with Crippen molar-refractivity contribution in [3.63, 3.8) is 0 Å². The molecule has 6 aromatic carbocycles. The zero-order chi connectivity index (χ0) is 41.3. The summed E-state index contributed by atoms with van der Waals surface area (Å²) in [6.07, 6.45) is 3.67. The fraction of sp³-hybridized carbons (Fsp3) is 0.0769. The van der Waals surface area contributed by atoms with Gasteiger partial charge in [-0.15, -0.1) is 0 Å². The van der Waals surface area contributed by atoms with Gasteiger partial charge in [0.15, 0.2) is 0 Å². The Labute approximate surface area is 358 Å². The molecule has 4 aromatic heterocycles. The van der Waals surface area contributed by atoms with Crippen LogP contribution >= 0.6 is 0 Å². The molecule has 0 spiro atoms. The molecule has 0 saturated carbocycles. The zero-order valence-electron chi connectivity index (χ0n) is 34.1. The van der Waals surface area contributed by atoms with Gasteiger partial charge in [0, 0.05) is 72.9 Å². The average molecular weight is 809 g/mol. The van der Waals surface area contributed by atoms with E-state index in [4.69, 9.17) is 19.4 Å². The molecule has 10 heteroatoms. The third kappa shape index (κ3) is 5.79. The Morgan fingerprint density at radius 3 is 1.26 bits per heavy atom. The summed E-state index contributed by atoms with van der Waals surface area (Å²) in [5, 5.41) is 2.08. The first kappa shape index (κ1) is 35.7. The van der Waals surface area contributed by atoms with Crippen LogP contribution < -0.4 is 29.1 Å². The van der Waals surface area contributed by atoms with Crippen LogP contribution in [0, 0.1) is 0 Å². The van der Waals surface area contributed by atoms with Crippen LogP contribution in [0.5, 0.6) is 23.0 Å². The fourth-order valence-electron chi connectivity index (χ4n) is 9.22. The minimum absolute atomic E-state index is 0.724. The topological polar surface area (TPSA) is 67.1 Å². The second-order valence-corrected chi connectivity index (χ2v) is 15.8. The van der Waals surface area contributed by atoms with Crippen molar-refractivity contribution in [1.29, 1.82) is 0 Å². The van der Waals surface area contributed by atoms with Crippen LogP contribution in [0.1, 0.15) is 0 Å². The van der Waals surface area contributed by atoms with Gasteiger partial charge < -0.3 is 29.1 Å². The highest BCUT2D eigenvalue weighted by atomic mass is 16.5. The molecule has 0 unspecified atom stereocenters. The predicted octanol–water partition coefficient (Wildman–Crippen LogP) is 12.2. The molecular weight excluding hydrogens is 769 g/mol. The maximum absolute atomic E-state index is 6.69. The number of benzene rings is 6. The molecule has 0 bridgehead atoms. The maximum atomic E-state index is 6.69. The van der Waals surface area contributed by atoms with Crippen molar-refractivity contribution in [3.05, 3.63) is 182 Å². The molecule has 10 aromatic rings. The Morgan fingerprint density at radius 2 is 0.823 bits per heavy atom. The number of ether oxygens (including phenoxy) is 2. The molecule has 0 aliphatic carbocycles. The second kappa shape index (κ2) is 14.2. The number of anilines is 6. The third-order valence-corrected chi connectivity index (χ3v) is 12.0. The summed E-state index contributed by atoms with van der Waals surface area (Å²) in [4.78, 5) is 18.9. The second-order valence-electron chi connectivity index (χ2n) is 15.8. The molecule has 0 saturated heterocycles. The van der Waals surface area contributed by atoms with Gasteiger partial charge in [-0.3, -0.25) is 9.13 Å².